The molecule has 1 unspecified atom stereocenters. The Bertz CT molecular complexity index is 1220. The van der Waals surface area contributed by atoms with Crippen LogP contribution < -0.4 is 0 Å². The summed E-state index contributed by atoms with van der Waals surface area (Å²) in [6, 6.07) is 2.96. The van der Waals surface area contributed by atoms with E-state index in [2.05, 4.69) is 5.16 Å². The maximum Gasteiger partial charge on any atom is 0.349 e. The van der Waals surface area contributed by atoms with E-state index in [-0.39, 0.29) is 17.7 Å². The average Bonchev–Trinajstić information content (AvgIpc) is 3.09. The summed E-state index contributed by atoms with van der Waals surface area (Å²) >= 11 is 0. The second-order valence-corrected chi connectivity index (χ2v) is 6.74. The number of carbonyl (C=O) groups excluding carboxylic acids is 1. The van der Waals surface area contributed by atoms with E-state index in [9.17, 15) is 45.3 Å². The number of fused-ring (bicyclic) bond motifs is 3. The Labute approximate surface area is 188 Å². The number of ether oxygens (including phenoxy) is 1. The van der Waals surface area contributed by atoms with Gasteiger partial charge in [0.1, 0.15) is 5.71 Å². The number of nitrogens with zero attached hydrogens (tertiary/aromatic N) is 5. The van der Waals surface area contributed by atoms with E-state index in [1.807, 2.05) is 0 Å². The summed E-state index contributed by atoms with van der Waals surface area (Å²) in [5.41, 5.74) is -5.01. The van der Waals surface area contributed by atoms with E-state index in [4.69, 9.17) is 9.57 Å². The average molecular weight is 475 g/mol. The van der Waals surface area contributed by atoms with E-state index in [0.29, 0.717) is 12.1 Å². The highest BCUT2D eigenvalue weighted by Gasteiger charge is 2.41. The molecule has 2 aromatic rings. The predicted octanol–water partition coefficient (Wildman–Crippen LogP) is 3.02. The molecule has 2 aromatic carbocycles. The number of oxime groups is 1. The van der Waals surface area contributed by atoms with E-state index in [1.165, 1.54) is 13.8 Å². The highest BCUT2D eigenvalue weighted by molar-refractivity contribution is 6.27. The summed E-state index contributed by atoms with van der Waals surface area (Å²) in [7, 11) is 0. The zero-order chi connectivity index (χ0) is 25.3. The zero-order valence-electron chi connectivity index (χ0n) is 17.3. The first kappa shape index (κ1) is 23.6. The molecule has 0 N–H and O–H groups in total. The van der Waals surface area contributed by atoms with Gasteiger partial charge in [-0.15, -0.1) is 0 Å². The Morgan fingerprint density at radius 2 is 1.29 bits per heavy atom. The fourth-order valence-corrected chi connectivity index (χ4v) is 3.30. The van der Waals surface area contributed by atoms with Gasteiger partial charge in [-0.3, -0.25) is 40.5 Å². The maximum absolute atomic E-state index is 11.8. The predicted molar refractivity (Wildman–Crippen MR) is 111 cm³/mol. The molecule has 1 aliphatic rings. The van der Waals surface area contributed by atoms with Gasteiger partial charge in [0.2, 0.25) is 6.10 Å². The van der Waals surface area contributed by atoms with Crippen molar-refractivity contribution in [3.63, 3.8) is 0 Å². The minimum absolute atomic E-state index is 0.0194. The van der Waals surface area contributed by atoms with Crippen LogP contribution in [0.2, 0.25) is 0 Å². The lowest BCUT2D eigenvalue weighted by molar-refractivity contribution is -0.395. The molecule has 16 heteroatoms. The van der Waals surface area contributed by atoms with Crippen molar-refractivity contribution in [2.75, 3.05) is 6.61 Å². The van der Waals surface area contributed by atoms with Gasteiger partial charge in [0.05, 0.1) is 49.6 Å². The minimum Gasteiger partial charge on any atom is -0.463 e. The molecule has 1 atom stereocenters. The van der Waals surface area contributed by atoms with Gasteiger partial charge in [-0.2, -0.15) is 0 Å². The van der Waals surface area contributed by atoms with E-state index >= 15 is 0 Å². The number of benzene rings is 2. The molecule has 0 aromatic heterocycles. The molecule has 176 valence electrons. The number of hydrogen-bond acceptors (Lipinski definition) is 12. The van der Waals surface area contributed by atoms with Crippen LogP contribution in [0.4, 0.5) is 22.7 Å². The minimum atomic E-state index is -1.30. The molecule has 0 amide bonds. The van der Waals surface area contributed by atoms with E-state index in [0.717, 1.165) is 12.1 Å². The first-order valence-electron chi connectivity index (χ1n) is 9.33. The van der Waals surface area contributed by atoms with Gasteiger partial charge in [-0.25, -0.2) is 4.79 Å². The first-order valence-corrected chi connectivity index (χ1v) is 9.33. The summed E-state index contributed by atoms with van der Waals surface area (Å²) < 4.78 is 4.77. The quantitative estimate of drug-likeness (QED) is 0.261. The Hall–Kier alpha value is -5.02. The van der Waals surface area contributed by atoms with Crippen LogP contribution in [0.15, 0.2) is 29.4 Å². The number of non-ortho nitro benzene ring substituents is 2. The number of hydrogen-bond donors (Lipinski definition) is 0. The summed E-state index contributed by atoms with van der Waals surface area (Å²) in [6.45, 7) is 2.81. The molecule has 34 heavy (non-hydrogen) atoms. The van der Waals surface area contributed by atoms with Gasteiger partial charge in [0, 0.05) is 23.3 Å². The lowest BCUT2D eigenvalue weighted by Gasteiger charge is -2.09. The van der Waals surface area contributed by atoms with E-state index < -0.39 is 71.4 Å². The number of carbonyl (C=O) groups is 1. The second kappa shape index (κ2) is 8.85. The van der Waals surface area contributed by atoms with Crippen molar-refractivity contribution < 1.29 is 34.1 Å². The molecule has 0 aliphatic heterocycles. The Morgan fingerprint density at radius 3 is 1.65 bits per heavy atom. The fourth-order valence-electron chi connectivity index (χ4n) is 3.30. The normalized spacial score (nSPS) is 12.2. The van der Waals surface area contributed by atoms with Gasteiger partial charge in [0.25, 0.3) is 22.7 Å². The van der Waals surface area contributed by atoms with Crippen molar-refractivity contribution in [2.24, 2.45) is 5.16 Å². The van der Waals surface area contributed by atoms with Crippen LogP contribution >= 0.6 is 0 Å². The third-order valence-electron chi connectivity index (χ3n) is 4.70. The van der Waals surface area contributed by atoms with Crippen molar-refractivity contribution in [3.05, 3.63) is 75.8 Å². The Morgan fingerprint density at radius 1 is 0.853 bits per heavy atom. The SMILES string of the molecule is CCOC(=O)C(C)ON=C1c2cc([N+](=O)[O-])cc([N+](=O)[O-])c2-c2c1cc([N+](=O)[O-])cc2[N+](=O)[O-]. The standard InChI is InChI=1S/C18H13N5O11/c1-3-33-18(24)8(2)34-19-17-11-4-9(20(25)26)6-13(22(29)30)15(11)16-12(17)5-10(21(27)28)7-14(16)23(31)32/h4-8H,3H2,1-2H3. The Balaban J connectivity index is 2.39. The molecule has 0 bridgehead atoms. The van der Waals surface area contributed by atoms with Crippen LogP contribution in [0.5, 0.6) is 0 Å². The van der Waals surface area contributed by atoms with E-state index in [1.54, 1.807) is 0 Å². The second-order valence-electron chi connectivity index (χ2n) is 6.74. The zero-order valence-corrected chi connectivity index (χ0v) is 17.3. The highest BCUT2D eigenvalue weighted by Crippen LogP contribution is 2.50. The van der Waals surface area contributed by atoms with Crippen LogP contribution in [0.1, 0.15) is 25.0 Å². The van der Waals surface area contributed by atoms with Gasteiger partial charge in [-0.1, -0.05) is 5.16 Å². The van der Waals surface area contributed by atoms with Gasteiger partial charge < -0.3 is 9.57 Å². The van der Waals surface area contributed by atoms with Crippen LogP contribution in [0.3, 0.4) is 0 Å². The van der Waals surface area contributed by atoms with Crippen molar-refractivity contribution in [1.82, 2.24) is 0 Å². The topological polar surface area (TPSA) is 220 Å². The van der Waals surface area contributed by atoms with Gasteiger partial charge >= 0.3 is 5.97 Å². The molecule has 16 nitrogen and oxygen atoms in total. The molecule has 0 saturated carbocycles. The third-order valence-corrected chi connectivity index (χ3v) is 4.70. The number of rotatable bonds is 8. The number of nitro groups is 4. The van der Waals surface area contributed by atoms with Crippen LogP contribution in [-0.2, 0) is 14.4 Å². The van der Waals surface area contributed by atoms with Gasteiger partial charge in [0.15, 0.2) is 0 Å². The monoisotopic (exact) mass is 475 g/mol. The lowest BCUT2D eigenvalue weighted by Crippen LogP contribution is -2.22. The number of esters is 1. The fraction of sp³-hybridized carbons (Fsp3) is 0.222. The summed E-state index contributed by atoms with van der Waals surface area (Å²) in [4.78, 5) is 59.2. The summed E-state index contributed by atoms with van der Waals surface area (Å²) in [5.74, 6) is -0.833. The van der Waals surface area contributed by atoms with Crippen molar-refractivity contribution in [1.29, 1.82) is 0 Å². The highest BCUT2D eigenvalue weighted by atomic mass is 16.7. The van der Waals surface area contributed by atoms with Crippen LogP contribution in [0, 0.1) is 40.5 Å². The van der Waals surface area contributed by atoms with Crippen LogP contribution in [-0.4, -0.2) is 44.1 Å². The van der Waals surface area contributed by atoms with Gasteiger partial charge in [-0.05, 0) is 13.8 Å². The summed E-state index contributed by atoms with van der Waals surface area (Å²) in [6.07, 6.45) is -1.30. The molecule has 0 fully saturated rings. The Kier molecular flexibility index (Phi) is 6.15. The smallest absolute Gasteiger partial charge is 0.349 e. The lowest BCUT2D eigenvalue weighted by atomic mass is 10.0. The molecular formula is C18H13N5O11. The maximum atomic E-state index is 11.8. The molecule has 3 rings (SSSR count). The largest absolute Gasteiger partial charge is 0.463 e. The third kappa shape index (κ3) is 4.06. The molecule has 0 radical (unpaired) electrons. The van der Waals surface area contributed by atoms with Crippen molar-refractivity contribution in [3.8, 4) is 11.1 Å². The molecule has 0 saturated heterocycles. The summed E-state index contributed by atoms with van der Waals surface area (Å²) in [5, 5.41) is 49.9. The molecule has 1 aliphatic carbocycles. The van der Waals surface area contributed by atoms with Crippen molar-refractivity contribution in [2.45, 2.75) is 20.0 Å². The molecule has 0 heterocycles. The van der Waals surface area contributed by atoms with Crippen molar-refractivity contribution >= 4 is 34.4 Å². The first-order chi connectivity index (χ1) is 16.0. The molecule has 0 spiro atoms. The number of nitro benzene ring substituents is 4. The molecular weight excluding hydrogens is 462 g/mol. The van der Waals surface area contributed by atoms with Crippen LogP contribution in [0.25, 0.3) is 11.1 Å².